The molecule has 89 valence electrons. The summed E-state index contributed by atoms with van der Waals surface area (Å²) in [5.41, 5.74) is 1.20. The lowest BCUT2D eigenvalue weighted by molar-refractivity contribution is 0.639. The molecule has 0 saturated heterocycles. The topological polar surface area (TPSA) is 12.9 Å². The largest absolute Gasteiger partial charge is 0.260 e. The molecule has 1 radical (unpaired) electrons. The third-order valence-electron chi connectivity index (χ3n) is 2.51. The van der Waals surface area contributed by atoms with Gasteiger partial charge >= 0.3 is 0 Å². The zero-order valence-corrected chi connectivity index (χ0v) is 10.8. The quantitative estimate of drug-likeness (QED) is 0.586. The van der Waals surface area contributed by atoms with Gasteiger partial charge in [0.2, 0.25) is 0 Å². The van der Waals surface area contributed by atoms with Crippen molar-refractivity contribution in [3.05, 3.63) is 37.0 Å². The van der Waals surface area contributed by atoms with Crippen molar-refractivity contribution in [1.29, 1.82) is 0 Å². The molecule has 2 heteroatoms. The average molecular weight is 236 g/mol. The highest BCUT2D eigenvalue weighted by atomic mass is 32.2. The first kappa shape index (κ1) is 13.6. The summed E-state index contributed by atoms with van der Waals surface area (Å²) in [5, 5.41) is 0. The third-order valence-corrected chi connectivity index (χ3v) is 3.59. The summed E-state index contributed by atoms with van der Waals surface area (Å²) in [6, 6.07) is 6.12. The van der Waals surface area contributed by atoms with Crippen molar-refractivity contribution in [2.45, 2.75) is 44.3 Å². The molecule has 16 heavy (non-hydrogen) atoms. The molecule has 0 spiro atoms. The average Bonchev–Trinajstić information content (AvgIpc) is 2.34. The first-order valence-electron chi connectivity index (χ1n) is 6.20. The fourth-order valence-electron chi connectivity index (χ4n) is 1.57. The summed E-state index contributed by atoms with van der Waals surface area (Å²) in [7, 11) is 0. The Morgan fingerprint density at radius 1 is 1.06 bits per heavy atom. The van der Waals surface area contributed by atoms with Gasteiger partial charge in [0.05, 0.1) is 5.69 Å². The molecule has 0 atom stereocenters. The molecule has 0 N–H and O–H groups in total. The maximum atomic E-state index is 4.31. The number of pyridine rings is 1. The van der Waals surface area contributed by atoms with Gasteiger partial charge in [-0.15, -0.1) is 0 Å². The first-order chi connectivity index (χ1) is 7.93. The number of hydrogen-bond acceptors (Lipinski definition) is 2. The Kier molecular flexibility index (Phi) is 8.23. The number of aromatic nitrogens is 1. The van der Waals surface area contributed by atoms with Crippen molar-refractivity contribution >= 4 is 11.8 Å². The number of hydrogen-bond donors (Lipinski definition) is 0. The van der Waals surface area contributed by atoms with E-state index in [-0.39, 0.29) is 0 Å². The molecular formula is C14H22NS. The highest BCUT2D eigenvalue weighted by molar-refractivity contribution is 7.98. The van der Waals surface area contributed by atoms with Crippen molar-refractivity contribution in [2.75, 3.05) is 5.75 Å². The minimum absolute atomic E-state index is 1.06. The molecule has 0 bridgehead atoms. The van der Waals surface area contributed by atoms with Crippen LogP contribution >= 0.6 is 11.8 Å². The SMILES string of the molecule is [CH2]CCCCCCCSCc1ccccn1. The van der Waals surface area contributed by atoms with Gasteiger partial charge in [-0.25, -0.2) is 0 Å². The van der Waals surface area contributed by atoms with Gasteiger partial charge in [0, 0.05) is 11.9 Å². The molecular weight excluding hydrogens is 214 g/mol. The molecule has 1 rings (SSSR count). The minimum atomic E-state index is 1.06. The van der Waals surface area contributed by atoms with Gasteiger partial charge in [-0.2, -0.15) is 11.8 Å². The lowest BCUT2D eigenvalue weighted by atomic mass is 10.1. The minimum Gasteiger partial charge on any atom is -0.260 e. The summed E-state index contributed by atoms with van der Waals surface area (Å²) < 4.78 is 0. The Bertz CT molecular complexity index is 248. The second-order valence-corrected chi connectivity index (χ2v) is 5.10. The number of rotatable bonds is 9. The molecule has 0 amide bonds. The Morgan fingerprint density at radius 3 is 2.62 bits per heavy atom. The van der Waals surface area contributed by atoms with Crippen molar-refractivity contribution in [3.8, 4) is 0 Å². The zero-order valence-electron chi connectivity index (χ0n) is 10.0. The standard InChI is InChI=1S/C14H22NS/c1-2-3-4-5-6-9-12-16-13-14-10-7-8-11-15-14/h7-8,10-11H,1-6,9,12-13H2. The fourth-order valence-corrected chi connectivity index (χ4v) is 2.50. The predicted molar refractivity (Wildman–Crippen MR) is 73.5 cm³/mol. The van der Waals surface area contributed by atoms with E-state index in [0.717, 1.165) is 12.2 Å². The summed E-state index contributed by atoms with van der Waals surface area (Å²) in [6.45, 7) is 3.86. The van der Waals surface area contributed by atoms with Gasteiger partial charge in [-0.1, -0.05) is 45.1 Å². The van der Waals surface area contributed by atoms with Crippen LogP contribution in [0.15, 0.2) is 24.4 Å². The third kappa shape index (κ3) is 6.89. The number of unbranched alkanes of at least 4 members (excludes halogenated alkanes) is 5. The summed E-state index contributed by atoms with van der Waals surface area (Å²) in [6.07, 6.45) is 9.70. The molecule has 0 aliphatic heterocycles. The number of thioether (sulfide) groups is 1. The Morgan fingerprint density at radius 2 is 1.88 bits per heavy atom. The zero-order chi connectivity index (χ0) is 11.5. The Balaban J connectivity index is 1.89. The van der Waals surface area contributed by atoms with Gasteiger partial charge in [0.15, 0.2) is 0 Å². The smallest absolute Gasteiger partial charge is 0.0502 e. The van der Waals surface area contributed by atoms with Gasteiger partial charge in [0.1, 0.15) is 0 Å². The van der Waals surface area contributed by atoms with Gasteiger partial charge in [-0.05, 0) is 24.3 Å². The van der Waals surface area contributed by atoms with E-state index in [4.69, 9.17) is 0 Å². The van der Waals surface area contributed by atoms with Crippen LogP contribution in [0.25, 0.3) is 0 Å². The lowest BCUT2D eigenvalue weighted by Gasteiger charge is -2.01. The van der Waals surface area contributed by atoms with Crippen molar-refractivity contribution in [2.24, 2.45) is 0 Å². The monoisotopic (exact) mass is 236 g/mol. The molecule has 1 heterocycles. The van der Waals surface area contributed by atoms with Crippen LogP contribution in [0.1, 0.15) is 44.2 Å². The van der Waals surface area contributed by atoms with E-state index in [1.165, 1.54) is 43.6 Å². The van der Waals surface area contributed by atoms with E-state index in [2.05, 4.69) is 24.0 Å². The van der Waals surface area contributed by atoms with Crippen LogP contribution in [0, 0.1) is 6.92 Å². The molecule has 0 aliphatic carbocycles. The summed E-state index contributed by atoms with van der Waals surface area (Å²) in [5.74, 6) is 2.32. The van der Waals surface area contributed by atoms with Crippen LogP contribution in [0.5, 0.6) is 0 Å². The molecule has 0 fully saturated rings. The highest BCUT2D eigenvalue weighted by Crippen LogP contribution is 2.13. The molecule has 0 saturated carbocycles. The molecule has 1 aromatic heterocycles. The van der Waals surface area contributed by atoms with Gasteiger partial charge in [0.25, 0.3) is 0 Å². The molecule has 0 aromatic carbocycles. The molecule has 1 aromatic rings. The van der Waals surface area contributed by atoms with Crippen molar-refractivity contribution < 1.29 is 0 Å². The van der Waals surface area contributed by atoms with E-state index in [0.29, 0.717) is 0 Å². The van der Waals surface area contributed by atoms with Crippen LogP contribution in [-0.4, -0.2) is 10.7 Å². The van der Waals surface area contributed by atoms with Crippen LogP contribution in [0.2, 0.25) is 0 Å². The van der Waals surface area contributed by atoms with Crippen LogP contribution < -0.4 is 0 Å². The van der Waals surface area contributed by atoms with Gasteiger partial charge in [-0.3, -0.25) is 4.98 Å². The fraction of sp³-hybridized carbons (Fsp3) is 0.571. The van der Waals surface area contributed by atoms with E-state index in [9.17, 15) is 0 Å². The maximum Gasteiger partial charge on any atom is 0.0502 e. The number of nitrogens with zero attached hydrogens (tertiary/aromatic N) is 1. The lowest BCUT2D eigenvalue weighted by Crippen LogP contribution is -1.87. The molecule has 0 unspecified atom stereocenters. The Labute approximate surface area is 104 Å². The normalized spacial score (nSPS) is 10.6. The predicted octanol–water partition coefficient (Wildman–Crippen LogP) is 4.49. The van der Waals surface area contributed by atoms with E-state index < -0.39 is 0 Å². The second-order valence-electron chi connectivity index (χ2n) is 3.99. The molecule has 1 nitrogen and oxygen atoms in total. The maximum absolute atomic E-state index is 4.31. The second kappa shape index (κ2) is 9.71. The van der Waals surface area contributed by atoms with Crippen molar-refractivity contribution in [3.63, 3.8) is 0 Å². The summed E-state index contributed by atoms with van der Waals surface area (Å²) >= 11 is 2.00. The highest BCUT2D eigenvalue weighted by Gasteiger charge is 1.94. The van der Waals surface area contributed by atoms with Crippen LogP contribution in [0.4, 0.5) is 0 Å². The molecule has 0 aliphatic rings. The van der Waals surface area contributed by atoms with E-state index >= 15 is 0 Å². The van der Waals surface area contributed by atoms with Crippen LogP contribution in [0.3, 0.4) is 0 Å². The first-order valence-corrected chi connectivity index (χ1v) is 7.36. The summed E-state index contributed by atoms with van der Waals surface area (Å²) in [4.78, 5) is 4.31. The van der Waals surface area contributed by atoms with E-state index in [1.54, 1.807) is 0 Å². The van der Waals surface area contributed by atoms with E-state index in [1.807, 2.05) is 24.0 Å². The van der Waals surface area contributed by atoms with Crippen molar-refractivity contribution in [1.82, 2.24) is 4.98 Å². The van der Waals surface area contributed by atoms with Gasteiger partial charge < -0.3 is 0 Å². The Hall–Kier alpha value is -0.500. The van der Waals surface area contributed by atoms with Crippen LogP contribution in [-0.2, 0) is 5.75 Å².